The maximum Gasteiger partial charge on any atom is 0.325 e. The number of hydroxylamine groups is 2. The lowest BCUT2D eigenvalue weighted by atomic mass is 9.78. The number of aromatic nitrogens is 1. The van der Waals surface area contributed by atoms with Gasteiger partial charge in [-0.15, -0.1) is 5.06 Å². The van der Waals surface area contributed by atoms with Crippen LogP contribution in [0.3, 0.4) is 0 Å². The van der Waals surface area contributed by atoms with Gasteiger partial charge in [-0.1, -0.05) is 36.4 Å². The fourth-order valence-electron chi connectivity index (χ4n) is 4.14. The molecule has 1 aromatic heterocycles. The molecule has 2 aromatic rings. The number of fused-ring (bicyclic) bond motifs is 3. The first-order valence-corrected chi connectivity index (χ1v) is 9.26. The van der Waals surface area contributed by atoms with Crippen molar-refractivity contribution in [3.8, 4) is 0 Å². The van der Waals surface area contributed by atoms with Gasteiger partial charge in [-0.3, -0.25) is 9.78 Å². The predicted octanol–water partition coefficient (Wildman–Crippen LogP) is 3.87. The predicted molar refractivity (Wildman–Crippen MR) is 95.6 cm³/mol. The van der Waals surface area contributed by atoms with Gasteiger partial charge in [0.25, 0.3) is 0 Å². The third-order valence-corrected chi connectivity index (χ3v) is 5.38. The number of carbonyl (C=O) groups excluding carboxylic acids is 1. The number of pyridine rings is 1. The molecule has 0 spiro atoms. The van der Waals surface area contributed by atoms with Crippen LogP contribution < -0.4 is 0 Å². The Kier molecular flexibility index (Phi) is 4.79. The summed E-state index contributed by atoms with van der Waals surface area (Å²) in [5, 5.41) is 1.91. The molecule has 1 aromatic carbocycles. The van der Waals surface area contributed by atoms with Gasteiger partial charge in [0, 0.05) is 12.7 Å². The van der Waals surface area contributed by atoms with Crippen LogP contribution in [0.4, 0.5) is 0 Å². The summed E-state index contributed by atoms with van der Waals surface area (Å²) in [7, 11) is 0. The molecule has 25 heavy (non-hydrogen) atoms. The highest BCUT2D eigenvalue weighted by Gasteiger charge is 2.39. The van der Waals surface area contributed by atoms with Crippen LogP contribution in [0.25, 0.3) is 0 Å². The minimum Gasteiger partial charge on any atom is -0.367 e. The van der Waals surface area contributed by atoms with Gasteiger partial charge in [0.05, 0.1) is 18.2 Å². The summed E-state index contributed by atoms with van der Waals surface area (Å²) in [6.45, 7) is 0.800. The van der Waals surface area contributed by atoms with E-state index in [1.165, 1.54) is 17.5 Å². The van der Waals surface area contributed by atoms with E-state index in [2.05, 4.69) is 11.1 Å². The molecular weight excluding hydrogens is 312 g/mol. The molecule has 1 aliphatic carbocycles. The molecule has 0 amide bonds. The van der Waals surface area contributed by atoms with E-state index in [0.29, 0.717) is 12.3 Å². The Bertz CT molecular complexity index is 732. The van der Waals surface area contributed by atoms with Gasteiger partial charge in [0.2, 0.25) is 0 Å². The molecule has 2 heterocycles. The first-order chi connectivity index (χ1) is 12.3. The summed E-state index contributed by atoms with van der Waals surface area (Å²) in [6, 6.07) is 14.4. The molecule has 0 saturated carbocycles. The zero-order valence-electron chi connectivity index (χ0n) is 14.4. The Morgan fingerprint density at radius 1 is 1.16 bits per heavy atom. The Morgan fingerprint density at radius 3 is 2.92 bits per heavy atom. The number of hydrogen-bond acceptors (Lipinski definition) is 4. The van der Waals surface area contributed by atoms with Crippen LogP contribution in [0, 0.1) is 5.92 Å². The van der Waals surface area contributed by atoms with E-state index in [1.807, 2.05) is 47.7 Å². The van der Waals surface area contributed by atoms with Gasteiger partial charge in [-0.25, -0.2) is 0 Å². The van der Waals surface area contributed by atoms with Crippen molar-refractivity contribution in [1.29, 1.82) is 0 Å². The largest absolute Gasteiger partial charge is 0.367 e. The normalized spacial score (nSPS) is 22.7. The zero-order valence-corrected chi connectivity index (χ0v) is 14.4. The van der Waals surface area contributed by atoms with Crippen molar-refractivity contribution in [2.24, 2.45) is 5.92 Å². The standard InChI is InChI=1S/C21H24N2O2/c24-19(13-10-16-6-2-1-3-7-16)25-23-15-5-9-18-12-11-17-8-4-14-22-20(17)21(18)23/h1-4,6-8,14,18,21H,5,9-13,15H2/t18-,21-/m0/s1. The van der Waals surface area contributed by atoms with E-state index in [4.69, 9.17) is 4.84 Å². The number of benzene rings is 1. The summed E-state index contributed by atoms with van der Waals surface area (Å²) < 4.78 is 0. The number of aryl methyl sites for hydroxylation is 2. The highest BCUT2D eigenvalue weighted by molar-refractivity contribution is 5.69. The first kappa shape index (κ1) is 16.3. The van der Waals surface area contributed by atoms with Crippen molar-refractivity contribution in [1.82, 2.24) is 10.0 Å². The van der Waals surface area contributed by atoms with E-state index in [-0.39, 0.29) is 12.0 Å². The summed E-state index contributed by atoms with van der Waals surface area (Å²) in [5.41, 5.74) is 3.57. The van der Waals surface area contributed by atoms with Crippen molar-refractivity contribution in [2.45, 2.75) is 44.6 Å². The minimum absolute atomic E-state index is 0.124. The van der Waals surface area contributed by atoms with E-state index < -0.39 is 0 Å². The van der Waals surface area contributed by atoms with Gasteiger partial charge in [-0.05, 0) is 55.2 Å². The Hall–Kier alpha value is -2.20. The van der Waals surface area contributed by atoms with Crippen molar-refractivity contribution in [3.05, 3.63) is 65.5 Å². The highest BCUT2D eigenvalue weighted by atomic mass is 16.7. The third-order valence-electron chi connectivity index (χ3n) is 5.38. The van der Waals surface area contributed by atoms with Crippen LogP contribution in [-0.4, -0.2) is 22.6 Å². The molecule has 4 nitrogen and oxygen atoms in total. The van der Waals surface area contributed by atoms with Gasteiger partial charge < -0.3 is 4.84 Å². The Balaban J connectivity index is 1.44. The number of hydrogen-bond donors (Lipinski definition) is 0. The third kappa shape index (κ3) is 3.59. The lowest BCUT2D eigenvalue weighted by Gasteiger charge is -2.42. The average Bonchev–Trinajstić information content (AvgIpc) is 2.67. The molecule has 130 valence electrons. The van der Waals surface area contributed by atoms with Crippen molar-refractivity contribution < 1.29 is 9.63 Å². The average molecular weight is 336 g/mol. The summed E-state index contributed by atoms with van der Waals surface area (Å²) in [5.74, 6) is 0.394. The lowest BCUT2D eigenvalue weighted by Crippen LogP contribution is -2.43. The smallest absolute Gasteiger partial charge is 0.325 e. The van der Waals surface area contributed by atoms with Crippen LogP contribution in [0.2, 0.25) is 0 Å². The maximum atomic E-state index is 12.4. The molecule has 1 saturated heterocycles. The summed E-state index contributed by atoms with van der Waals surface area (Å²) >= 11 is 0. The zero-order chi connectivity index (χ0) is 17.1. The maximum absolute atomic E-state index is 12.4. The molecule has 2 atom stereocenters. The fourth-order valence-corrected chi connectivity index (χ4v) is 4.14. The molecule has 4 rings (SSSR count). The van der Waals surface area contributed by atoms with E-state index in [9.17, 15) is 4.79 Å². The van der Waals surface area contributed by atoms with Crippen LogP contribution in [0.15, 0.2) is 48.7 Å². The van der Waals surface area contributed by atoms with Gasteiger partial charge in [0.15, 0.2) is 0 Å². The summed E-state index contributed by atoms with van der Waals surface area (Å²) in [6.07, 6.45) is 7.49. The molecule has 1 fully saturated rings. The molecule has 0 N–H and O–H groups in total. The summed E-state index contributed by atoms with van der Waals surface area (Å²) in [4.78, 5) is 22.8. The molecule has 1 aliphatic heterocycles. The molecule has 2 aliphatic rings. The molecule has 4 heteroatoms. The highest BCUT2D eigenvalue weighted by Crippen LogP contribution is 2.42. The number of rotatable bonds is 4. The van der Waals surface area contributed by atoms with Gasteiger partial charge in [0.1, 0.15) is 0 Å². The number of carbonyl (C=O) groups is 1. The van der Waals surface area contributed by atoms with Crippen molar-refractivity contribution in [3.63, 3.8) is 0 Å². The van der Waals surface area contributed by atoms with E-state index >= 15 is 0 Å². The van der Waals surface area contributed by atoms with Gasteiger partial charge in [-0.2, -0.15) is 0 Å². The monoisotopic (exact) mass is 336 g/mol. The number of piperidine rings is 1. The van der Waals surface area contributed by atoms with E-state index in [0.717, 1.165) is 37.9 Å². The van der Waals surface area contributed by atoms with Crippen LogP contribution in [0.5, 0.6) is 0 Å². The Labute approximate surface area is 148 Å². The van der Waals surface area contributed by atoms with Crippen LogP contribution in [0.1, 0.15) is 48.5 Å². The SMILES string of the molecule is O=C(CCc1ccccc1)ON1CCC[C@H]2CCc3cccnc3[C@H]21. The second-order valence-electron chi connectivity index (χ2n) is 7.02. The van der Waals surface area contributed by atoms with Crippen LogP contribution in [-0.2, 0) is 22.5 Å². The van der Waals surface area contributed by atoms with Gasteiger partial charge >= 0.3 is 5.97 Å². The molecule has 0 bridgehead atoms. The lowest BCUT2D eigenvalue weighted by molar-refractivity contribution is -0.218. The molecule has 0 unspecified atom stereocenters. The second kappa shape index (κ2) is 7.36. The molecule has 0 radical (unpaired) electrons. The first-order valence-electron chi connectivity index (χ1n) is 9.26. The van der Waals surface area contributed by atoms with E-state index in [1.54, 1.807) is 0 Å². The van der Waals surface area contributed by atoms with Crippen LogP contribution >= 0.6 is 0 Å². The Morgan fingerprint density at radius 2 is 2.04 bits per heavy atom. The quantitative estimate of drug-likeness (QED) is 0.850. The topological polar surface area (TPSA) is 42.4 Å². The fraction of sp³-hybridized carbons (Fsp3) is 0.429. The number of nitrogens with zero attached hydrogens (tertiary/aromatic N) is 2. The molecular formula is C21H24N2O2. The second-order valence-corrected chi connectivity index (χ2v) is 7.02. The minimum atomic E-state index is -0.146. The van der Waals surface area contributed by atoms with Crippen molar-refractivity contribution in [2.75, 3.05) is 6.54 Å². The van der Waals surface area contributed by atoms with Crippen molar-refractivity contribution >= 4 is 5.97 Å².